The number of Topliss-reactive ketones (excluding diaryl/α,β-unsaturated/α-hetero) is 1. The molecular formula is C23H19ClF3NO4S2. The van der Waals surface area contributed by atoms with Gasteiger partial charge in [0.2, 0.25) is 0 Å². The normalized spacial score (nSPS) is 16.8. The lowest BCUT2D eigenvalue weighted by Crippen LogP contribution is -2.54. The SMILES string of the molecule is O=C(CCc1ccc(Oc2cccc(C(F)(F)F)c2)cc1)[C@@H]1CCN1S(=O)(=O)c1ccc(Cl)s1. The topological polar surface area (TPSA) is 63.7 Å². The number of benzene rings is 2. The van der Waals surface area contributed by atoms with E-state index in [-0.39, 0.29) is 28.7 Å². The van der Waals surface area contributed by atoms with Gasteiger partial charge >= 0.3 is 6.18 Å². The molecule has 0 N–H and O–H groups in total. The Bertz CT molecular complexity index is 1290. The molecule has 4 rings (SSSR count). The Morgan fingerprint density at radius 1 is 1.09 bits per heavy atom. The van der Waals surface area contributed by atoms with Crippen molar-refractivity contribution in [1.82, 2.24) is 4.31 Å². The molecule has 0 aliphatic carbocycles. The lowest BCUT2D eigenvalue weighted by molar-refractivity contribution is -0.137. The van der Waals surface area contributed by atoms with Crippen molar-refractivity contribution in [1.29, 1.82) is 0 Å². The molecule has 0 unspecified atom stereocenters. The first-order valence-electron chi connectivity index (χ1n) is 10.3. The predicted molar refractivity (Wildman–Crippen MR) is 123 cm³/mol. The minimum atomic E-state index is -4.46. The van der Waals surface area contributed by atoms with E-state index in [1.54, 1.807) is 24.3 Å². The maximum Gasteiger partial charge on any atom is 0.416 e. The molecule has 1 saturated heterocycles. The third-order valence-electron chi connectivity index (χ3n) is 5.43. The zero-order valence-corrected chi connectivity index (χ0v) is 20.0. The first kappa shape index (κ1) is 24.7. The molecule has 180 valence electrons. The Balaban J connectivity index is 1.33. The van der Waals surface area contributed by atoms with Crippen LogP contribution in [0.3, 0.4) is 0 Å². The van der Waals surface area contributed by atoms with E-state index >= 15 is 0 Å². The number of halogens is 4. The van der Waals surface area contributed by atoms with Gasteiger partial charge in [0.25, 0.3) is 10.0 Å². The van der Waals surface area contributed by atoms with E-state index in [0.29, 0.717) is 22.9 Å². The highest BCUT2D eigenvalue weighted by atomic mass is 35.5. The number of hydrogen-bond donors (Lipinski definition) is 0. The fraction of sp³-hybridized carbons (Fsp3) is 0.261. The summed E-state index contributed by atoms with van der Waals surface area (Å²) < 4.78 is 71.2. The van der Waals surface area contributed by atoms with Crippen molar-refractivity contribution in [3.63, 3.8) is 0 Å². The molecule has 1 aliphatic heterocycles. The third-order valence-corrected chi connectivity index (χ3v) is 9.04. The highest BCUT2D eigenvalue weighted by Gasteiger charge is 2.42. The maximum atomic E-state index is 12.8. The fourth-order valence-electron chi connectivity index (χ4n) is 3.56. The van der Waals surface area contributed by atoms with Crippen molar-refractivity contribution in [3.05, 3.63) is 76.1 Å². The minimum absolute atomic E-state index is 0.0658. The van der Waals surface area contributed by atoms with Gasteiger partial charge in [0.15, 0.2) is 5.78 Å². The van der Waals surface area contributed by atoms with Gasteiger partial charge in [-0.05, 0) is 60.9 Å². The van der Waals surface area contributed by atoms with E-state index in [4.69, 9.17) is 16.3 Å². The number of ketones is 1. The molecule has 2 heterocycles. The molecular weight excluding hydrogens is 511 g/mol. The molecule has 3 aromatic rings. The van der Waals surface area contributed by atoms with Crippen LogP contribution < -0.4 is 4.74 Å². The second-order valence-corrected chi connectivity index (χ2v) is 11.5. The number of rotatable bonds is 8. The Labute approximate surface area is 203 Å². The number of carbonyl (C=O) groups excluding carboxylic acids is 1. The van der Waals surface area contributed by atoms with Gasteiger partial charge in [-0.15, -0.1) is 11.3 Å². The van der Waals surface area contributed by atoms with Crippen LogP contribution in [0.2, 0.25) is 4.34 Å². The quantitative estimate of drug-likeness (QED) is 0.350. The van der Waals surface area contributed by atoms with Crippen LogP contribution in [-0.4, -0.2) is 31.1 Å². The predicted octanol–water partition coefficient (Wildman–Crippen LogP) is 6.18. The number of carbonyl (C=O) groups is 1. The maximum absolute atomic E-state index is 12.8. The molecule has 1 atom stereocenters. The van der Waals surface area contributed by atoms with E-state index < -0.39 is 27.8 Å². The molecule has 5 nitrogen and oxygen atoms in total. The van der Waals surface area contributed by atoms with Gasteiger partial charge in [0, 0.05) is 13.0 Å². The summed E-state index contributed by atoms with van der Waals surface area (Å²) in [6.07, 6.45) is -3.42. The third kappa shape index (κ3) is 5.46. The van der Waals surface area contributed by atoms with E-state index in [0.717, 1.165) is 29.0 Å². The number of nitrogens with zero attached hydrogens (tertiary/aromatic N) is 1. The van der Waals surface area contributed by atoms with Crippen molar-refractivity contribution < 1.29 is 31.1 Å². The van der Waals surface area contributed by atoms with Crippen LogP contribution in [0.4, 0.5) is 13.2 Å². The van der Waals surface area contributed by atoms with Crippen LogP contribution in [0.15, 0.2) is 64.9 Å². The zero-order chi connectivity index (χ0) is 24.5. The fourth-order valence-corrected chi connectivity index (χ4v) is 6.82. The average Bonchev–Trinajstić information content (AvgIpc) is 3.19. The number of ether oxygens (including phenoxy) is 1. The van der Waals surface area contributed by atoms with Gasteiger partial charge < -0.3 is 4.74 Å². The van der Waals surface area contributed by atoms with E-state index in [1.807, 2.05) is 0 Å². The molecule has 0 saturated carbocycles. The molecule has 2 aromatic carbocycles. The van der Waals surface area contributed by atoms with Crippen molar-refractivity contribution in [2.45, 2.75) is 35.7 Å². The van der Waals surface area contributed by atoms with Gasteiger partial charge in [-0.25, -0.2) is 8.42 Å². The van der Waals surface area contributed by atoms with E-state index in [9.17, 15) is 26.4 Å². The monoisotopic (exact) mass is 529 g/mol. The lowest BCUT2D eigenvalue weighted by Gasteiger charge is -2.38. The summed E-state index contributed by atoms with van der Waals surface area (Å²) in [5, 5.41) is 0. The summed E-state index contributed by atoms with van der Waals surface area (Å²) in [4.78, 5) is 12.7. The number of hydrogen-bond acceptors (Lipinski definition) is 5. The average molecular weight is 530 g/mol. The van der Waals surface area contributed by atoms with Crippen LogP contribution >= 0.6 is 22.9 Å². The summed E-state index contributed by atoms with van der Waals surface area (Å²) in [5.74, 6) is 0.262. The van der Waals surface area contributed by atoms with Gasteiger partial charge in [-0.1, -0.05) is 29.8 Å². The van der Waals surface area contributed by atoms with Gasteiger partial charge in [0.05, 0.1) is 15.9 Å². The molecule has 1 aliphatic rings. The number of aryl methyl sites for hydroxylation is 1. The largest absolute Gasteiger partial charge is 0.457 e. The zero-order valence-electron chi connectivity index (χ0n) is 17.6. The molecule has 1 aromatic heterocycles. The molecule has 0 amide bonds. The standard InChI is InChI=1S/C23H19ClF3NO4S2/c24-21-10-11-22(33-21)34(30,31)28-13-12-19(28)20(29)9-6-15-4-7-17(8-5-15)32-18-3-1-2-16(14-18)23(25,26)27/h1-5,7-8,10-11,14,19H,6,9,12-13H2/t19-/m0/s1. The van der Waals surface area contributed by atoms with Crippen molar-refractivity contribution in [3.8, 4) is 11.5 Å². The molecule has 1 fully saturated rings. The van der Waals surface area contributed by atoms with Crippen molar-refractivity contribution >= 4 is 38.7 Å². The van der Waals surface area contributed by atoms with Crippen LogP contribution in [-0.2, 0) is 27.4 Å². The summed E-state index contributed by atoms with van der Waals surface area (Å²) in [7, 11) is -3.75. The van der Waals surface area contributed by atoms with E-state index in [1.165, 1.54) is 28.6 Å². The highest BCUT2D eigenvalue weighted by Crippen LogP contribution is 2.34. The van der Waals surface area contributed by atoms with Gasteiger partial charge in [-0.2, -0.15) is 17.5 Å². The Morgan fingerprint density at radius 3 is 2.41 bits per heavy atom. The Kier molecular flexibility index (Phi) is 7.04. The van der Waals surface area contributed by atoms with Crippen LogP contribution in [0, 0.1) is 0 Å². The van der Waals surface area contributed by atoms with E-state index in [2.05, 4.69) is 0 Å². The summed E-state index contributed by atoms with van der Waals surface area (Å²) in [6, 6.07) is 13.5. The smallest absolute Gasteiger partial charge is 0.416 e. The van der Waals surface area contributed by atoms with Crippen LogP contribution in [0.1, 0.15) is 24.0 Å². The molecule has 0 radical (unpaired) electrons. The summed E-state index contributed by atoms with van der Waals surface area (Å²) in [6.45, 7) is 0.288. The molecule has 0 spiro atoms. The second kappa shape index (κ2) is 9.69. The first-order chi connectivity index (χ1) is 16.0. The summed E-state index contributed by atoms with van der Waals surface area (Å²) >= 11 is 6.80. The Hall–Kier alpha value is -2.40. The van der Waals surface area contributed by atoms with Gasteiger partial charge in [0.1, 0.15) is 15.7 Å². The molecule has 0 bridgehead atoms. The number of thiophene rings is 1. The van der Waals surface area contributed by atoms with Crippen molar-refractivity contribution in [2.75, 3.05) is 6.54 Å². The lowest BCUT2D eigenvalue weighted by atomic mass is 9.97. The summed E-state index contributed by atoms with van der Waals surface area (Å²) in [5.41, 5.74) is 0.0258. The second-order valence-electron chi connectivity index (χ2n) is 7.72. The number of alkyl halides is 3. The molecule has 11 heteroatoms. The van der Waals surface area contributed by atoms with Gasteiger partial charge in [-0.3, -0.25) is 4.79 Å². The van der Waals surface area contributed by atoms with Crippen LogP contribution in [0.25, 0.3) is 0 Å². The van der Waals surface area contributed by atoms with Crippen LogP contribution in [0.5, 0.6) is 11.5 Å². The number of sulfonamides is 1. The minimum Gasteiger partial charge on any atom is -0.457 e. The van der Waals surface area contributed by atoms with Crippen molar-refractivity contribution in [2.24, 2.45) is 0 Å². The highest BCUT2D eigenvalue weighted by molar-refractivity contribution is 7.91. The Morgan fingerprint density at radius 2 is 1.82 bits per heavy atom. The molecule has 34 heavy (non-hydrogen) atoms. The first-order valence-corrected chi connectivity index (χ1v) is 12.9.